The van der Waals surface area contributed by atoms with Crippen molar-refractivity contribution in [2.45, 2.75) is 31.7 Å². The van der Waals surface area contributed by atoms with Crippen LogP contribution in [-0.2, 0) is 9.59 Å². The molecule has 4 rings (SSSR count). The van der Waals surface area contributed by atoms with E-state index in [4.69, 9.17) is 14.6 Å². The first kappa shape index (κ1) is 22.2. The Hall–Kier alpha value is -4.01. The minimum Gasteiger partial charge on any atom is -0.493 e. The van der Waals surface area contributed by atoms with E-state index in [0.29, 0.717) is 17.9 Å². The van der Waals surface area contributed by atoms with Crippen LogP contribution in [0.25, 0.3) is 11.0 Å². The average molecular weight is 448 g/mol. The van der Waals surface area contributed by atoms with Gasteiger partial charge >= 0.3 is 5.97 Å². The van der Waals surface area contributed by atoms with Gasteiger partial charge in [0, 0.05) is 37.2 Å². The Morgan fingerprint density at radius 1 is 1.00 bits per heavy atom. The molecule has 0 saturated carbocycles. The van der Waals surface area contributed by atoms with E-state index in [9.17, 15) is 9.59 Å². The summed E-state index contributed by atoms with van der Waals surface area (Å²) in [6.45, 7) is 0. The van der Waals surface area contributed by atoms with Crippen molar-refractivity contribution < 1.29 is 24.2 Å². The summed E-state index contributed by atoms with van der Waals surface area (Å²) < 4.78 is 10.7. The molecule has 1 amide bonds. The Bertz CT molecular complexity index is 1230. The number of benzene rings is 2. The number of aliphatic carboxylic acids is 1. The third-order valence-electron chi connectivity index (χ3n) is 5.54. The first-order valence-electron chi connectivity index (χ1n) is 10.5. The summed E-state index contributed by atoms with van der Waals surface area (Å²) in [5, 5.41) is 15.0. The Balaban J connectivity index is 1.67. The van der Waals surface area contributed by atoms with Crippen molar-refractivity contribution in [1.29, 1.82) is 0 Å². The molecule has 0 saturated heterocycles. The molecule has 0 bridgehead atoms. The molecule has 170 valence electrons. The van der Waals surface area contributed by atoms with E-state index in [1.54, 1.807) is 32.7 Å². The van der Waals surface area contributed by atoms with Crippen molar-refractivity contribution in [2.24, 2.45) is 5.10 Å². The molecule has 9 heteroatoms. The van der Waals surface area contributed by atoms with Crippen LogP contribution >= 0.6 is 0 Å². The van der Waals surface area contributed by atoms with E-state index in [2.05, 4.69) is 15.1 Å². The van der Waals surface area contributed by atoms with Gasteiger partial charge in [-0.25, -0.2) is 5.01 Å². The van der Waals surface area contributed by atoms with E-state index < -0.39 is 5.97 Å². The number of carbonyl (C=O) groups is 2. The molecule has 33 heavy (non-hydrogen) atoms. The Morgan fingerprint density at radius 2 is 1.76 bits per heavy atom. The van der Waals surface area contributed by atoms with Gasteiger partial charge in [0.15, 0.2) is 11.5 Å². The van der Waals surface area contributed by atoms with Crippen LogP contribution < -0.4 is 9.47 Å². The van der Waals surface area contributed by atoms with Crippen LogP contribution in [0.4, 0.5) is 0 Å². The van der Waals surface area contributed by atoms with Gasteiger partial charge < -0.3 is 14.6 Å². The van der Waals surface area contributed by atoms with Gasteiger partial charge in [-0.2, -0.15) is 5.10 Å². The third-order valence-corrected chi connectivity index (χ3v) is 5.54. The molecule has 0 spiro atoms. The van der Waals surface area contributed by atoms with Gasteiger partial charge in [0.2, 0.25) is 5.91 Å². The molecule has 3 aromatic rings. The minimum atomic E-state index is -0.927. The summed E-state index contributed by atoms with van der Waals surface area (Å²) >= 11 is 0. The maximum Gasteiger partial charge on any atom is 0.303 e. The summed E-state index contributed by atoms with van der Waals surface area (Å²) in [5.74, 6) is 0.0203. The lowest BCUT2D eigenvalue weighted by Crippen LogP contribution is -2.27. The van der Waals surface area contributed by atoms with Crippen molar-refractivity contribution in [3.63, 3.8) is 0 Å². The predicted octanol–water partition coefficient (Wildman–Crippen LogP) is 3.58. The van der Waals surface area contributed by atoms with Crippen LogP contribution in [0.1, 0.15) is 42.9 Å². The number of hydrazone groups is 1. The number of carboxylic acid groups (broad SMARTS) is 1. The highest BCUT2D eigenvalue weighted by Gasteiger charge is 2.33. The summed E-state index contributed by atoms with van der Waals surface area (Å²) in [6, 6.07) is 10.9. The second-order valence-corrected chi connectivity index (χ2v) is 7.63. The van der Waals surface area contributed by atoms with Gasteiger partial charge in [0.1, 0.15) is 0 Å². The molecule has 0 aliphatic carbocycles. The number of ether oxygens (including phenoxy) is 2. The van der Waals surface area contributed by atoms with Crippen molar-refractivity contribution in [3.05, 3.63) is 59.9 Å². The van der Waals surface area contributed by atoms with Crippen molar-refractivity contribution in [1.82, 2.24) is 15.0 Å². The van der Waals surface area contributed by atoms with Crippen LogP contribution in [0, 0.1) is 0 Å². The summed E-state index contributed by atoms with van der Waals surface area (Å²) in [7, 11) is 3.13. The maximum absolute atomic E-state index is 13.0. The number of hydrogen-bond donors (Lipinski definition) is 1. The first-order chi connectivity index (χ1) is 16.0. The van der Waals surface area contributed by atoms with Gasteiger partial charge in [-0.1, -0.05) is 6.07 Å². The predicted molar refractivity (Wildman–Crippen MR) is 121 cm³/mol. The lowest BCUT2D eigenvalue weighted by atomic mass is 9.97. The summed E-state index contributed by atoms with van der Waals surface area (Å²) in [4.78, 5) is 32.6. The number of amides is 1. The Morgan fingerprint density at radius 3 is 2.48 bits per heavy atom. The molecule has 1 unspecified atom stereocenters. The number of carbonyl (C=O) groups excluding carboxylic acids is 1. The monoisotopic (exact) mass is 448 g/mol. The number of carboxylic acids is 1. The molecule has 1 aliphatic rings. The molecule has 0 radical (unpaired) electrons. The van der Waals surface area contributed by atoms with E-state index in [-0.39, 0.29) is 31.2 Å². The summed E-state index contributed by atoms with van der Waals surface area (Å²) in [5.41, 5.74) is 3.92. The van der Waals surface area contributed by atoms with Gasteiger partial charge in [0.25, 0.3) is 0 Å². The lowest BCUT2D eigenvalue weighted by molar-refractivity contribution is -0.137. The topological polar surface area (TPSA) is 114 Å². The molecule has 9 nitrogen and oxygen atoms in total. The standard InChI is InChI=1S/C24H24N4O5/c1-32-21-9-7-15(13-22(21)33-2)18-14-20(28(27-18)23(29)4-3-5-24(30)31)16-6-8-17-19(12-16)26-11-10-25-17/h6-13,20H,3-5,14H2,1-2H3,(H,30,31). The van der Waals surface area contributed by atoms with E-state index in [1.165, 1.54) is 5.01 Å². The largest absolute Gasteiger partial charge is 0.493 e. The van der Waals surface area contributed by atoms with Crippen molar-refractivity contribution in [3.8, 4) is 11.5 Å². The average Bonchev–Trinajstić information content (AvgIpc) is 3.28. The molecular formula is C24H24N4O5. The first-order valence-corrected chi connectivity index (χ1v) is 10.5. The van der Waals surface area contributed by atoms with E-state index >= 15 is 0 Å². The molecule has 2 aromatic carbocycles. The fourth-order valence-corrected chi connectivity index (χ4v) is 3.88. The SMILES string of the molecule is COc1ccc(C2=NN(C(=O)CCCC(=O)O)C(c3ccc4nccnc4c3)C2)cc1OC. The molecule has 0 fully saturated rings. The molecule has 1 aliphatic heterocycles. The van der Waals surface area contributed by atoms with Crippen LogP contribution in [-0.4, -0.2) is 51.9 Å². The number of hydrogen-bond acceptors (Lipinski definition) is 7. The fraction of sp³-hybridized carbons (Fsp3) is 0.292. The normalized spacial score (nSPS) is 15.4. The van der Waals surface area contributed by atoms with Crippen LogP contribution in [0.15, 0.2) is 53.9 Å². The fourth-order valence-electron chi connectivity index (χ4n) is 3.88. The highest BCUT2D eigenvalue weighted by Crippen LogP contribution is 2.36. The van der Waals surface area contributed by atoms with Gasteiger partial charge in [-0.05, 0) is 42.3 Å². The number of methoxy groups -OCH3 is 2. The highest BCUT2D eigenvalue weighted by molar-refractivity contribution is 6.03. The zero-order valence-electron chi connectivity index (χ0n) is 18.4. The van der Waals surface area contributed by atoms with E-state index in [1.807, 2.05) is 30.3 Å². The van der Waals surface area contributed by atoms with Gasteiger partial charge in [-0.15, -0.1) is 0 Å². The zero-order valence-corrected chi connectivity index (χ0v) is 18.4. The maximum atomic E-state index is 13.0. The Labute approximate surface area is 190 Å². The third kappa shape index (κ3) is 4.77. The molecule has 1 aromatic heterocycles. The van der Waals surface area contributed by atoms with Crippen LogP contribution in [0.3, 0.4) is 0 Å². The van der Waals surface area contributed by atoms with Crippen molar-refractivity contribution >= 4 is 28.6 Å². The zero-order chi connectivity index (χ0) is 23.4. The van der Waals surface area contributed by atoms with Crippen molar-refractivity contribution in [2.75, 3.05) is 14.2 Å². The second-order valence-electron chi connectivity index (χ2n) is 7.63. The lowest BCUT2D eigenvalue weighted by Gasteiger charge is -2.22. The molecular weight excluding hydrogens is 424 g/mol. The molecule has 1 N–H and O–H groups in total. The van der Waals surface area contributed by atoms with Gasteiger partial charge in [-0.3, -0.25) is 19.6 Å². The number of fused-ring (bicyclic) bond motifs is 1. The van der Waals surface area contributed by atoms with Gasteiger partial charge in [0.05, 0.1) is 37.0 Å². The number of rotatable bonds is 8. The second kappa shape index (κ2) is 9.64. The molecule has 1 atom stereocenters. The van der Waals surface area contributed by atoms with Crippen LogP contribution in [0.2, 0.25) is 0 Å². The highest BCUT2D eigenvalue weighted by atomic mass is 16.5. The minimum absolute atomic E-state index is 0.0674. The number of nitrogens with zero attached hydrogens (tertiary/aromatic N) is 4. The van der Waals surface area contributed by atoms with Crippen LogP contribution in [0.5, 0.6) is 11.5 Å². The smallest absolute Gasteiger partial charge is 0.303 e. The summed E-state index contributed by atoms with van der Waals surface area (Å²) in [6.07, 6.45) is 4.03. The number of aromatic nitrogens is 2. The molecule has 2 heterocycles. The van der Waals surface area contributed by atoms with E-state index in [0.717, 1.165) is 27.9 Å². The quantitative estimate of drug-likeness (QED) is 0.560. The Kier molecular flexibility index (Phi) is 6.48.